The summed E-state index contributed by atoms with van der Waals surface area (Å²) in [4.78, 5) is 24.3. The molecule has 0 aromatic heterocycles. The summed E-state index contributed by atoms with van der Waals surface area (Å²) < 4.78 is 17.7. The molecular formula is C26H36O5. The van der Waals surface area contributed by atoms with Crippen molar-refractivity contribution in [2.75, 3.05) is 6.61 Å². The normalized spacial score (nSPS) is 54.8. The number of allylic oxidation sites excluding steroid dienone is 1. The van der Waals surface area contributed by atoms with E-state index >= 15 is 0 Å². The predicted octanol–water partition coefficient (Wildman–Crippen LogP) is 4.09. The third-order valence-corrected chi connectivity index (χ3v) is 10.7. The molecule has 0 aromatic carbocycles. The maximum Gasteiger partial charge on any atom is 0.330 e. The van der Waals surface area contributed by atoms with Crippen molar-refractivity contribution in [1.82, 2.24) is 0 Å². The number of Topliss-reactive ketones (excluding diaryl/α,β-unsaturated/α-hetero) is 1. The van der Waals surface area contributed by atoms with Crippen molar-refractivity contribution in [3.05, 3.63) is 12.2 Å². The van der Waals surface area contributed by atoms with E-state index in [9.17, 15) is 9.59 Å². The van der Waals surface area contributed by atoms with Crippen LogP contribution in [0.3, 0.4) is 0 Å². The van der Waals surface area contributed by atoms with Crippen molar-refractivity contribution < 1.29 is 23.8 Å². The molecule has 4 saturated carbocycles. The average Bonchev–Trinajstić information content (AvgIpc) is 3.63. The van der Waals surface area contributed by atoms with E-state index < -0.39 is 0 Å². The van der Waals surface area contributed by atoms with Crippen LogP contribution in [0, 0.1) is 40.4 Å². The first-order valence-electron chi connectivity index (χ1n) is 12.5. The van der Waals surface area contributed by atoms with Crippen LogP contribution in [-0.4, -0.2) is 42.3 Å². The smallest absolute Gasteiger partial charge is 0.330 e. The molecule has 0 amide bonds. The molecule has 1 spiro atoms. The van der Waals surface area contributed by atoms with Crippen molar-refractivity contribution >= 4 is 11.8 Å². The van der Waals surface area contributed by atoms with Gasteiger partial charge in [-0.3, -0.25) is 4.79 Å². The first-order valence-corrected chi connectivity index (χ1v) is 12.5. The van der Waals surface area contributed by atoms with Crippen LogP contribution in [-0.2, 0) is 23.8 Å². The van der Waals surface area contributed by atoms with Gasteiger partial charge in [0.05, 0.1) is 12.7 Å². The van der Waals surface area contributed by atoms with Gasteiger partial charge in [0.25, 0.3) is 0 Å². The van der Waals surface area contributed by atoms with E-state index in [-0.39, 0.29) is 40.7 Å². The SMILES string of the molecule is CCOC(=O)/C=C/[C@@H](C)C1CCC2C3C(CC[C@@]21C)[C@@]1(C)CCC(=O)C2OC21C1O[C@H]31. The van der Waals surface area contributed by atoms with Crippen LogP contribution in [0.2, 0.25) is 0 Å². The molecule has 5 nitrogen and oxygen atoms in total. The molecule has 2 saturated heterocycles. The lowest BCUT2D eigenvalue weighted by Crippen LogP contribution is -2.61. The van der Waals surface area contributed by atoms with Crippen LogP contribution >= 0.6 is 0 Å². The van der Waals surface area contributed by atoms with Crippen LogP contribution < -0.4 is 0 Å². The lowest BCUT2D eigenvalue weighted by atomic mass is 9.44. The summed E-state index contributed by atoms with van der Waals surface area (Å²) in [6.45, 7) is 9.45. The summed E-state index contributed by atoms with van der Waals surface area (Å²) >= 11 is 0. The van der Waals surface area contributed by atoms with Crippen molar-refractivity contribution in [1.29, 1.82) is 0 Å². The number of rotatable bonds is 4. The Balaban J connectivity index is 1.26. The number of ether oxygens (including phenoxy) is 3. The molecule has 2 aliphatic heterocycles. The Morgan fingerprint density at radius 2 is 2.03 bits per heavy atom. The summed E-state index contributed by atoms with van der Waals surface area (Å²) in [6.07, 6.45) is 10.5. The maximum atomic E-state index is 12.4. The van der Waals surface area contributed by atoms with Crippen LogP contribution in [0.5, 0.6) is 0 Å². The Labute approximate surface area is 185 Å². The third kappa shape index (κ3) is 2.45. The second-order valence-corrected chi connectivity index (χ2v) is 11.7. The number of carbonyl (C=O) groups is 2. The first-order chi connectivity index (χ1) is 14.8. The summed E-state index contributed by atoms with van der Waals surface area (Å²) in [6, 6.07) is 0. The molecule has 0 bridgehead atoms. The van der Waals surface area contributed by atoms with Gasteiger partial charge in [-0.05, 0) is 74.0 Å². The summed E-state index contributed by atoms with van der Waals surface area (Å²) in [5.41, 5.74) is 0.0452. The van der Waals surface area contributed by atoms with E-state index in [0.717, 1.165) is 6.42 Å². The fraction of sp³-hybridized carbons (Fsp3) is 0.846. The number of hydrogen-bond donors (Lipinski definition) is 0. The van der Waals surface area contributed by atoms with Gasteiger partial charge < -0.3 is 14.2 Å². The lowest BCUT2D eigenvalue weighted by Gasteiger charge is -2.58. The summed E-state index contributed by atoms with van der Waals surface area (Å²) in [7, 11) is 0. The van der Waals surface area contributed by atoms with Gasteiger partial charge in [0.2, 0.25) is 0 Å². The molecule has 2 heterocycles. The highest BCUT2D eigenvalue weighted by Crippen LogP contribution is 2.77. The average molecular weight is 429 g/mol. The predicted molar refractivity (Wildman–Crippen MR) is 114 cm³/mol. The second kappa shape index (κ2) is 6.44. The summed E-state index contributed by atoms with van der Waals surface area (Å²) in [5, 5.41) is 0. The Bertz CT molecular complexity index is 851. The highest BCUT2D eigenvalue weighted by molar-refractivity contribution is 5.89. The van der Waals surface area contributed by atoms with Gasteiger partial charge >= 0.3 is 5.97 Å². The molecule has 6 aliphatic rings. The van der Waals surface area contributed by atoms with Crippen molar-refractivity contribution in [3.8, 4) is 0 Å². The molecule has 6 rings (SSSR count). The zero-order chi connectivity index (χ0) is 21.8. The van der Waals surface area contributed by atoms with Gasteiger partial charge in [-0.25, -0.2) is 4.79 Å². The molecule has 4 aliphatic carbocycles. The van der Waals surface area contributed by atoms with E-state index in [4.69, 9.17) is 14.2 Å². The van der Waals surface area contributed by atoms with E-state index in [1.54, 1.807) is 6.08 Å². The number of esters is 1. The van der Waals surface area contributed by atoms with Crippen molar-refractivity contribution in [2.45, 2.75) is 90.1 Å². The Kier molecular flexibility index (Phi) is 4.24. The monoisotopic (exact) mass is 428 g/mol. The standard InChI is InChI=1S/C26H36O5/c1-5-29-19(28)9-6-14(2)15-7-8-16-20-17(10-12-24(15,16)3)25(4)13-11-18(27)22-26(25,31-22)23-21(20)30-23/h6,9,14-17,20-23H,5,7-8,10-13H2,1-4H3/b9-6+/t14-,15?,16?,17?,20?,21-,22?,23?,24-,25-,26?/m1/s1. The molecule has 6 fully saturated rings. The van der Waals surface area contributed by atoms with Gasteiger partial charge in [-0.1, -0.05) is 26.8 Å². The Morgan fingerprint density at radius 3 is 2.81 bits per heavy atom. The minimum atomic E-state index is -0.310. The maximum absolute atomic E-state index is 12.4. The van der Waals surface area contributed by atoms with Crippen LogP contribution in [0.1, 0.15) is 66.2 Å². The van der Waals surface area contributed by atoms with Crippen molar-refractivity contribution in [2.24, 2.45) is 40.4 Å². The van der Waals surface area contributed by atoms with E-state index in [1.165, 1.54) is 25.7 Å². The number of fused-ring (bicyclic) bond motifs is 6. The van der Waals surface area contributed by atoms with E-state index in [1.807, 2.05) is 6.92 Å². The van der Waals surface area contributed by atoms with Gasteiger partial charge in [-0.15, -0.1) is 0 Å². The quantitative estimate of drug-likeness (QED) is 0.383. The van der Waals surface area contributed by atoms with Gasteiger partial charge in [0, 0.05) is 17.9 Å². The molecular weight excluding hydrogens is 392 g/mol. The van der Waals surface area contributed by atoms with E-state index in [2.05, 4.69) is 26.8 Å². The fourth-order valence-corrected chi connectivity index (χ4v) is 9.24. The van der Waals surface area contributed by atoms with Crippen LogP contribution in [0.15, 0.2) is 12.2 Å². The number of ketones is 1. The number of hydrogen-bond acceptors (Lipinski definition) is 5. The lowest BCUT2D eigenvalue weighted by molar-refractivity contribution is -0.137. The molecule has 5 heteroatoms. The molecule has 31 heavy (non-hydrogen) atoms. The molecule has 170 valence electrons. The minimum absolute atomic E-state index is 0.0722. The Hall–Kier alpha value is -1.20. The molecule has 0 aromatic rings. The number of epoxide rings is 2. The first kappa shape index (κ1) is 20.4. The fourth-order valence-electron chi connectivity index (χ4n) is 9.24. The highest BCUT2D eigenvalue weighted by Gasteiger charge is 2.86. The van der Waals surface area contributed by atoms with Gasteiger partial charge in [-0.2, -0.15) is 0 Å². The zero-order valence-corrected chi connectivity index (χ0v) is 19.3. The van der Waals surface area contributed by atoms with E-state index in [0.29, 0.717) is 48.4 Å². The third-order valence-electron chi connectivity index (χ3n) is 10.7. The Morgan fingerprint density at radius 1 is 1.23 bits per heavy atom. The number of carbonyl (C=O) groups excluding carboxylic acids is 2. The molecule has 7 unspecified atom stereocenters. The molecule has 0 radical (unpaired) electrons. The van der Waals surface area contributed by atoms with Gasteiger partial charge in [0.15, 0.2) is 5.78 Å². The molecule has 0 N–H and O–H groups in total. The van der Waals surface area contributed by atoms with Crippen molar-refractivity contribution in [3.63, 3.8) is 0 Å². The highest BCUT2D eigenvalue weighted by atomic mass is 16.7. The topological polar surface area (TPSA) is 68.4 Å². The summed E-state index contributed by atoms with van der Waals surface area (Å²) in [5.74, 6) is 2.86. The molecule has 11 atom stereocenters. The van der Waals surface area contributed by atoms with Crippen LogP contribution in [0.4, 0.5) is 0 Å². The minimum Gasteiger partial charge on any atom is -0.463 e. The second-order valence-electron chi connectivity index (χ2n) is 11.7. The largest absolute Gasteiger partial charge is 0.463 e. The van der Waals surface area contributed by atoms with Gasteiger partial charge in [0.1, 0.15) is 17.8 Å². The van der Waals surface area contributed by atoms with Crippen LogP contribution in [0.25, 0.3) is 0 Å². The zero-order valence-electron chi connectivity index (χ0n) is 19.3.